The molecule has 0 fully saturated rings. The molecule has 3 aromatic carbocycles. The second-order valence-electron chi connectivity index (χ2n) is 8.98. The molecule has 186 valence electrons. The Morgan fingerprint density at radius 1 is 0.973 bits per heavy atom. The minimum Gasteiger partial charge on any atom is -0.497 e. The maximum atomic E-state index is 13.1. The predicted octanol–water partition coefficient (Wildman–Crippen LogP) is 7.32. The summed E-state index contributed by atoms with van der Waals surface area (Å²) in [5.74, 6) is 1.24. The Hall–Kier alpha value is -4.58. The number of furan rings is 1. The lowest BCUT2D eigenvalue weighted by atomic mass is 9.96. The number of hydrogen-bond acceptors (Lipinski definition) is 5. The number of aromatic nitrogens is 1. The average Bonchev–Trinajstić information content (AvgIpc) is 3.33. The Morgan fingerprint density at radius 2 is 1.76 bits per heavy atom. The number of hydrogen-bond donors (Lipinski definition) is 1. The molecule has 37 heavy (non-hydrogen) atoms. The topological polar surface area (TPSA) is 73.6 Å². The number of rotatable bonds is 6. The zero-order valence-corrected chi connectivity index (χ0v) is 21.5. The van der Waals surface area contributed by atoms with Crippen LogP contribution in [0.1, 0.15) is 23.7 Å². The highest BCUT2D eigenvalue weighted by Crippen LogP contribution is 2.41. The Bertz CT molecular complexity index is 1660. The number of fused-ring (bicyclic) bond motifs is 2. The van der Waals surface area contributed by atoms with Crippen LogP contribution in [0.4, 0.5) is 5.69 Å². The first-order valence-electron chi connectivity index (χ1n) is 12.0. The van der Waals surface area contributed by atoms with Gasteiger partial charge in [-0.1, -0.05) is 18.2 Å². The van der Waals surface area contributed by atoms with Crippen molar-refractivity contribution in [2.75, 3.05) is 19.5 Å². The van der Waals surface area contributed by atoms with Crippen molar-refractivity contribution in [2.24, 2.45) is 0 Å². The summed E-state index contributed by atoms with van der Waals surface area (Å²) in [7, 11) is 3.27. The van der Waals surface area contributed by atoms with E-state index in [0.29, 0.717) is 11.4 Å². The van der Waals surface area contributed by atoms with E-state index in [1.54, 1.807) is 26.6 Å². The molecule has 0 saturated heterocycles. The Kier molecular flexibility index (Phi) is 6.40. The van der Waals surface area contributed by atoms with Crippen molar-refractivity contribution in [1.29, 1.82) is 0 Å². The number of aryl methyl sites for hydroxylation is 2. The summed E-state index contributed by atoms with van der Waals surface area (Å²) in [5, 5.41) is 4.85. The first kappa shape index (κ1) is 24.1. The highest BCUT2D eigenvalue weighted by atomic mass is 16.5. The van der Waals surface area contributed by atoms with Crippen molar-refractivity contribution in [3.8, 4) is 22.6 Å². The van der Waals surface area contributed by atoms with Crippen LogP contribution in [-0.4, -0.2) is 25.1 Å². The number of benzene rings is 3. The highest BCUT2D eigenvalue weighted by Gasteiger charge is 2.19. The quantitative estimate of drug-likeness (QED) is 0.251. The van der Waals surface area contributed by atoms with E-state index in [9.17, 15) is 4.79 Å². The Labute approximate surface area is 215 Å². The largest absolute Gasteiger partial charge is 0.497 e. The van der Waals surface area contributed by atoms with Crippen LogP contribution >= 0.6 is 0 Å². The lowest BCUT2D eigenvalue weighted by molar-refractivity contribution is -0.111. The van der Waals surface area contributed by atoms with Crippen molar-refractivity contribution < 1.29 is 18.7 Å². The predicted molar refractivity (Wildman–Crippen MR) is 148 cm³/mol. The van der Waals surface area contributed by atoms with Crippen molar-refractivity contribution in [2.45, 2.75) is 20.8 Å². The molecule has 0 bridgehead atoms. The molecule has 0 atom stereocenters. The molecule has 0 aliphatic heterocycles. The fourth-order valence-corrected chi connectivity index (χ4v) is 4.67. The third-order valence-corrected chi connectivity index (χ3v) is 6.55. The third-order valence-electron chi connectivity index (χ3n) is 6.55. The lowest BCUT2D eigenvalue weighted by Crippen LogP contribution is -2.09. The third kappa shape index (κ3) is 4.54. The van der Waals surface area contributed by atoms with Crippen LogP contribution in [0.3, 0.4) is 0 Å². The number of carbonyl (C=O) groups excluding carboxylic acids is 1. The normalized spacial score (nSPS) is 11.6. The van der Waals surface area contributed by atoms with Crippen LogP contribution in [-0.2, 0) is 4.79 Å². The van der Waals surface area contributed by atoms with Crippen molar-refractivity contribution >= 4 is 39.0 Å². The highest BCUT2D eigenvalue weighted by molar-refractivity contribution is 6.09. The van der Waals surface area contributed by atoms with E-state index < -0.39 is 0 Å². The van der Waals surface area contributed by atoms with Crippen molar-refractivity contribution in [1.82, 2.24) is 4.98 Å². The lowest BCUT2D eigenvalue weighted by Gasteiger charge is -2.14. The van der Waals surface area contributed by atoms with Gasteiger partial charge in [-0.3, -0.25) is 9.78 Å². The molecule has 0 unspecified atom stereocenters. The number of nitrogens with one attached hydrogen (secondary N) is 1. The molecule has 1 N–H and O–H groups in total. The first-order valence-corrected chi connectivity index (χ1v) is 12.0. The maximum Gasteiger partial charge on any atom is 0.248 e. The van der Waals surface area contributed by atoms with Crippen molar-refractivity contribution in [3.63, 3.8) is 0 Å². The molecule has 5 rings (SSSR count). The van der Waals surface area contributed by atoms with Crippen LogP contribution in [0.5, 0.6) is 11.5 Å². The molecular weight excluding hydrogens is 464 g/mol. The van der Waals surface area contributed by atoms with Gasteiger partial charge < -0.3 is 19.2 Å². The summed E-state index contributed by atoms with van der Waals surface area (Å²) >= 11 is 0. The summed E-state index contributed by atoms with van der Waals surface area (Å²) in [6.07, 6.45) is 3.35. The molecule has 6 heteroatoms. The number of pyridine rings is 1. The SMILES string of the molecule is COc1ccc(-c2coc3c(C)c(OC)c(/C(C)=C/C(=O)Nc4cccc5nc(C)ccc45)cc23)cc1. The van der Waals surface area contributed by atoms with E-state index in [4.69, 9.17) is 13.9 Å². The smallest absolute Gasteiger partial charge is 0.248 e. The van der Waals surface area contributed by atoms with Gasteiger partial charge in [0.25, 0.3) is 0 Å². The average molecular weight is 493 g/mol. The van der Waals surface area contributed by atoms with E-state index >= 15 is 0 Å². The zero-order valence-electron chi connectivity index (χ0n) is 21.5. The molecule has 0 radical (unpaired) electrons. The van der Waals surface area contributed by atoms with Crippen LogP contribution in [0.15, 0.2) is 77.4 Å². The second kappa shape index (κ2) is 9.82. The summed E-state index contributed by atoms with van der Waals surface area (Å²) in [5.41, 5.74) is 7.68. The van der Waals surface area contributed by atoms with E-state index in [-0.39, 0.29) is 5.91 Å². The summed E-state index contributed by atoms with van der Waals surface area (Å²) < 4.78 is 17.0. The number of anilines is 1. The standard InChI is InChI=1S/C31H28N2O4/c1-18(15-29(34)33-28-8-6-7-27-23(28)14-9-19(2)32-27)24-16-25-26(21-10-12-22(35-4)13-11-21)17-37-31(25)20(3)30(24)36-5/h6-17H,1-5H3,(H,33,34)/b18-15+. The van der Waals surface area contributed by atoms with Gasteiger partial charge >= 0.3 is 0 Å². The van der Waals surface area contributed by atoms with Gasteiger partial charge in [0.1, 0.15) is 17.1 Å². The number of carbonyl (C=O) groups is 1. The monoisotopic (exact) mass is 492 g/mol. The Balaban J connectivity index is 1.53. The van der Waals surface area contributed by atoms with Gasteiger partial charge in [0.15, 0.2) is 0 Å². The van der Waals surface area contributed by atoms with Crippen molar-refractivity contribution in [3.05, 3.63) is 89.8 Å². The van der Waals surface area contributed by atoms with Gasteiger partial charge in [-0.05, 0) is 74.4 Å². The number of amides is 1. The molecule has 5 aromatic rings. The minimum absolute atomic E-state index is 0.229. The number of methoxy groups -OCH3 is 2. The minimum atomic E-state index is -0.229. The van der Waals surface area contributed by atoms with Crippen LogP contribution in [0, 0.1) is 13.8 Å². The molecule has 1 amide bonds. The molecule has 0 aliphatic rings. The fourth-order valence-electron chi connectivity index (χ4n) is 4.67. The molecule has 0 aliphatic carbocycles. The van der Waals surface area contributed by atoms with E-state index in [2.05, 4.69) is 10.3 Å². The van der Waals surface area contributed by atoms with E-state index in [0.717, 1.165) is 61.1 Å². The van der Waals surface area contributed by atoms with E-state index in [1.807, 2.05) is 81.4 Å². The van der Waals surface area contributed by atoms with Gasteiger partial charge in [-0.2, -0.15) is 0 Å². The Morgan fingerprint density at radius 3 is 2.49 bits per heavy atom. The summed E-state index contributed by atoms with van der Waals surface area (Å²) in [6.45, 7) is 5.82. The number of ether oxygens (including phenoxy) is 2. The molecule has 6 nitrogen and oxygen atoms in total. The molecule has 2 aromatic heterocycles. The zero-order chi connectivity index (χ0) is 26.1. The molecule has 2 heterocycles. The van der Waals surface area contributed by atoms with Gasteiger partial charge in [0.05, 0.1) is 31.7 Å². The van der Waals surface area contributed by atoms with Gasteiger partial charge in [0.2, 0.25) is 5.91 Å². The van der Waals surface area contributed by atoms with Crippen LogP contribution in [0.25, 0.3) is 38.6 Å². The van der Waals surface area contributed by atoms with Crippen LogP contribution < -0.4 is 14.8 Å². The number of nitrogens with zero attached hydrogens (tertiary/aromatic N) is 1. The molecule has 0 saturated carbocycles. The van der Waals surface area contributed by atoms with Crippen LogP contribution in [0.2, 0.25) is 0 Å². The maximum absolute atomic E-state index is 13.1. The molecule has 0 spiro atoms. The number of allylic oxidation sites excluding steroid dienone is 1. The summed E-state index contributed by atoms with van der Waals surface area (Å²) in [4.78, 5) is 17.6. The summed E-state index contributed by atoms with van der Waals surface area (Å²) in [6, 6.07) is 19.5. The van der Waals surface area contributed by atoms with Gasteiger partial charge in [-0.15, -0.1) is 0 Å². The second-order valence-corrected chi connectivity index (χ2v) is 8.98. The molecular formula is C31H28N2O4. The van der Waals surface area contributed by atoms with E-state index in [1.165, 1.54) is 0 Å². The first-order chi connectivity index (χ1) is 17.9. The fraction of sp³-hybridized carbons (Fsp3) is 0.161. The van der Waals surface area contributed by atoms with Gasteiger partial charge in [0, 0.05) is 39.2 Å². The van der Waals surface area contributed by atoms with Gasteiger partial charge in [-0.25, -0.2) is 0 Å².